The zero-order valence-electron chi connectivity index (χ0n) is 23.0. The Labute approximate surface area is 210 Å². The molecule has 1 aromatic heterocycles. The molecule has 2 rings (SSSR count). The van der Waals surface area contributed by atoms with Crippen molar-refractivity contribution >= 4 is 30.6 Å². The quantitative estimate of drug-likeness (QED) is 0.307. The molecule has 0 aliphatic heterocycles. The predicted molar refractivity (Wildman–Crippen MR) is 140 cm³/mol. The summed E-state index contributed by atoms with van der Waals surface area (Å²) in [6, 6.07) is 5.17. The van der Waals surface area contributed by atoms with Gasteiger partial charge in [0.05, 0.1) is 17.9 Å². The van der Waals surface area contributed by atoms with Crippen molar-refractivity contribution in [3.63, 3.8) is 0 Å². The lowest BCUT2D eigenvalue weighted by molar-refractivity contribution is -0.143. The second-order valence-electron chi connectivity index (χ2n) is 11.5. The van der Waals surface area contributed by atoms with Crippen LogP contribution in [0.15, 0.2) is 30.6 Å². The molecule has 0 radical (unpaired) electrons. The lowest BCUT2D eigenvalue weighted by Gasteiger charge is -2.39. The minimum atomic E-state index is -2.91. The summed E-state index contributed by atoms with van der Waals surface area (Å²) >= 11 is 0. The molecule has 7 nitrogen and oxygen atoms in total. The molecule has 0 unspecified atom stereocenters. The molecule has 8 heteroatoms. The van der Waals surface area contributed by atoms with Crippen molar-refractivity contribution < 1.29 is 23.8 Å². The highest BCUT2D eigenvalue weighted by Gasteiger charge is 2.51. The monoisotopic (exact) mass is 500 g/mol. The average molecular weight is 501 g/mol. The number of carbonyl (C=O) groups excluding carboxylic acids is 2. The summed E-state index contributed by atoms with van der Waals surface area (Å²) in [4.78, 5) is 35.6. The minimum absolute atomic E-state index is 0.0810. The van der Waals surface area contributed by atoms with Gasteiger partial charge in [0, 0.05) is 29.7 Å². The van der Waals surface area contributed by atoms with Gasteiger partial charge in [-0.15, -0.1) is 0 Å². The maximum atomic E-state index is 13.1. The molecule has 0 N–H and O–H groups in total. The third-order valence-electron chi connectivity index (χ3n) is 6.08. The lowest BCUT2D eigenvalue weighted by atomic mass is 9.97. The molecule has 0 aliphatic rings. The van der Waals surface area contributed by atoms with Crippen LogP contribution in [0.3, 0.4) is 0 Å². The predicted octanol–water partition coefficient (Wildman–Crippen LogP) is 4.77. The van der Waals surface area contributed by atoms with E-state index >= 15 is 0 Å². The van der Waals surface area contributed by atoms with Gasteiger partial charge in [0.1, 0.15) is 22.7 Å². The second kappa shape index (κ2) is 10.5. The second-order valence-corrected chi connectivity index (χ2v) is 16.5. The summed E-state index contributed by atoms with van der Waals surface area (Å²) in [6.07, 6.45) is 3.44. The first-order chi connectivity index (χ1) is 16.1. The molecular formula is C27H40N2O5Si. The minimum Gasteiger partial charge on any atom is -0.496 e. The highest BCUT2D eigenvalue weighted by atomic mass is 28.3. The van der Waals surface area contributed by atoms with Gasteiger partial charge in [-0.05, 0) is 58.7 Å². The SMILES string of the molecule is COc1cc(OC(=O)C(C)(C)C)c([Si](c2ncccn2)(C(C)C)C(C)C)c(OC(=O)C(C)(C)C)c1. The van der Waals surface area contributed by atoms with E-state index in [9.17, 15) is 9.59 Å². The Balaban J connectivity index is 3.03. The largest absolute Gasteiger partial charge is 0.496 e. The Morgan fingerprint density at radius 1 is 0.800 bits per heavy atom. The average Bonchev–Trinajstić information content (AvgIpc) is 2.74. The van der Waals surface area contributed by atoms with E-state index in [1.807, 2.05) is 0 Å². The van der Waals surface area contributed by atoms with Gasteiger partial charge in [0.2, 0.25) is 0 Å². The van der Waals surface area contributed by atoms with Crippen molar-refractivity contribution in [2.45, 2.75) is 80.3 Å². The molecule has 2 aromatic rings. The third-order valence-corrected chi connectivity index (χ3v) is 12.0. The molecule has 0 saturated carbocycles. The first-order valence-corrected chi connectivity index (χ1v) is 14.2. The molecule has 0 amide bonds. The van der Waals surface area contributed by atoms with Crippen LogP contribution in [0.2, 0.25) is 11.1 Å². The molecule has 0 aliphatic carbocycles. The van der Waals surface area contributed by atoms with Crippen molar-refractivity contribution in [3.05, 3.63) is 30.6 Å². The van der Waals surface area contributed by atoms with E-state index < -0.39 is 30.8 Å². The summed E-state index contributed by atoms with van der Waals surface area (Å²) in [5.74, 6) is 0.269. The maximum absolute atomic E-state index is 13.1. The van der Waals surface area contributed by atoms with E-state index in [4.69, 9.17) is 14.2 Å². The number of carbonyl (C=O) groups is 2. The Hall–Kier alpha value is -2.74. The van der Waals surface area contributed by atoms with Gasteiger partial charge in [-0.2, -0.15) is 0 Å². The fraction of sp³-hybridized carbons (Fsp3) is 0.556. The van der Waals surface area contributed by atoms with Gasteiger partial charge in [-0.1, -0.05) is 27.7 Å². The molecule has 35 heavy (non-hydrogen) atoms. The first-order valence-electron chi connectivity index (χ1n) is 12.0. The highest BCUT2D eigenvalue weighted by molar-refractivity contribution is 7.04. The maximum Gasteiger partial charge on any atom is 0.316 e. The van der Waals surface area contributed by atoms with E-state index in [1.54, 1.807) is 72.1 Å². The van der Waals surface area contributed by atoms with E-state index in [0.29, 0.717) is 27.9 Å². The van der Waals surface area contributed by atoms with Crippen LogP contribution >= 0.6 is 0 Å². The fourth-order valence-electron chi connectivity index (χ4n) is 4.14. The molecule has 0 atom stereocenters. The van der Waals surface area contributed by atoms with Gasteiger partial charge in [0.25, 0.3) is 0 Å². The summed E-state index contributed by atoms with van der Waals surface area (Å²) in [7, 11) is -1.39. The fourth-order valence-corrected chi connectivity index (χ4v) is 9.53. The van der Waals surface area contributed by atoms with Gasteiger partial charge in [0.15, 0.2) is 8.07 Å². The number of methoxy groups -OCH3 is 1. The summed E-state index contributed by atoms with van der Waals surface area (Å²) in [5, 5.41) is 0.685. The zero-order chi connectivity index (χ0) is 26.8. The van der Waals surface area contributed by atoms with Crippen molar-refractivity contribution in [2.24, 2.45) is 10.8 Å². The topological polar surface area (TPSA) is 87.6 Å². The molecule has 0 fully saturated rings. The van der Waals surface area contributed by atoms with Crippen molar-refractivity contribution in [1.29, 1.82) is 0 Å². The number of nitrogens with zero attached hydrogens (tertiary/aromatic N) is 2. The van der Waals surface area contributed by atoms with Crippen LogP contribution in [-0.4, -0.2) is 37.1 Å². The number of aromatic nitrogens is 2. The van der Waals surface area contributed by atoms with Crippen LogP contribution < -0.4 is 24.8 Å². The van der Waals surface area contributed by atoms with Gasteiger partial charge >= 0.3 is 11.9 Å². The molecule has 0 saturated heterocycles. The molecule has 0 bridgehead atoms. The number of esters is 2. The summed E-state index contributed by atoms with van der Waals surface area (Å²) in [6.45, 7) is 19.3. The van der Waals surface area contributed by atoms with E-state index in [0.717, 1.165) is 0 Å². The van der Waals surface area contributed by atoms with Crippen molar-refractivity contribution in [1.82, 2.24) is 9.97 Å². The van der Waals surface area contributed by atoms with Crippen LogP contribution in [0.25, 0.3) is 0 Å². The van der Waals surface area contributed by atoms with Crippen LogP contribution in [0, 0.1) is 10.8 Å². The standard InChI is InChI=1S/C27H40N2O5Si/c1-17(2)35(18(3)4,25-28-13-12-14-29-25)22-20(33-23(30)26(5,6)7)15-19(32-11)16-21(22)34-24(31)27(8,9)10/h12-18H,1-11H3. The van der Waals surface area contributed by atoms with Crippen LogP contribution in [0.5, 0.6) is 17.2 Å². The van der Waals surface area contributed by atoms with E-state index in [-0.39, 0.29) is 11.1 Å². The molecule has 1 heterocycles. The molecular weight excluding hydrogens is 460 g/mol. The zero-order valence-corrected chi connectivity index (χ0v) is 24.0. The highest BCUT2D eigenvalue weighted by Crippen LogP contribution is 2.39. The lowest BCUT2D eigenvalue weighted by Crippen LogP contribution is -2.65. The smallest absolute Gasteiger partial charge is 0.316 e. The summed E-state index contributed by atoms with van der Waals surface area (Å²) in [5.41, 5.74) is -0.636. The van der Waals surface area contributed by atoms with E-state index in [2.05, 4.69) is 37.7 Å². The molecule has 0 spiro atoms. The van der Waals surface area contributed by atoms with Gasteiger partial charge < -0.3 is 14.2 Å². The van der Waals surface area contributed by atoms with Crippen LogP contribution in [0.1, 0.15) is 69.2 Å². The number of rotatable bonds is 7. The number of benzene rings is 1. The Morgan fingerprint density at radius 3 is 1.51 bits per heavy atom. The third kappa shape index (κ3) is 5.91. The van der Waals surface area contributed by atoms with Crippen LogP contribution in [-0.2, 0) is 9.59 Å². The van der Waals surface area contributed by atoms with Gasteiger partial charge in [-0.3, -0.25) is 9.59 Å². The Morgan fingerprint density at radius 2 is 1.20 bits per heavy atom. The molecule has 192 valence electrons. The van der Waals surface area contributed by atoms with Crippen LogP contribution in [0.4, 0.5) is 0 Å². The summed E-state index contributed by atoms with van der Waals surface area (Å²) < 4.78 is 17.6. The number of ether oxygens (including phenoxy) is 3. The molecule has 1 aromatic carbocycles. The normalized spacial score (nSPS) is 12.6. The number of hydrogen-bond donors (Lipinski definition) is 0. The van der Waals surface area contributed by atoms with E-state index in [1.165, 1.54) is 7.11 Å². The van der Waals surface area contributed by atoms with Crippen molar-refractivity contribution in [3.8, 4) is 17.2 Å². The number of hydrogen-bond acceptors (Lipinski definition) is 7. The Kier molecular flexibility index (Phi) is 8.53. The Bertz CT molecular complexity index is 996. The van der Waals surface area contributed by atoms with Crippen molar-refractivity contribution in [2.75, 3.05) is 7.11 Å². The first kappa shape index (κ1) is 28.5. The van der Waals surface area contributed by atoms with Gasteiger partial charge in [-0.25, -0.2) is 9.97 Å².